The van der Waals surface area contributed by atoms with Crippen LogP contribution in [0.5, 0.6) is 0 Å². The Morgan fingerprint density at radius 2 is 1.81 bits per heavy atom. The topological polar surface area (TPSA) is 12.0 Å². The van der Waals surface area contributed by atoms with Gasteiger partial charge in [-0.05, 0) is 41.7 Å². The molecule has 1 saturated carbocycles. The zero-order valence-corrected chi connectivity index (χ0v) is 9.66. The van der Waals surface area contributed by atoms with Crippen molar-refractivity contribution < 1.29 is 0 Å². The number of rotatable bonds is 3. The number of hydrogen-bond donors (Lipinski definition) is 1. The van der Waals surface area contributed by atoms with E-state index in [0.717, 1.165) is 12.6 Å². The van der Waals surface area contributed by atoms with E-state index < -0.39 is 0 Å². The summed E-state index contributed by atoms with van der Waals surface area (Å²) in [6.45, 7) is 3.19. The molecule has 2 aromatic carbocycles. The third-order valence-corrected chi connectivity index (χ3v) is 3.39. The van der Waals surface area contributed by atoms with Gasteiger partial charge in [0.15, 0.2) is 0 Å². The average molecular weight is 211 g/mol. The summed E-state index contributed by atoms with van der Waals surface area (Å²) in [5.41, 5.74) is 2.79. The fourth-order valence-electron chi connectivity index (χ4n) is 2.21. The van der Waals surface area contributed by atoms with Crippen LogP contribution in [0.3, 0.4) is 0 Å². The van der Waals surface area contributed by atoms with Gasteiger partial charge in [0.25, 0.3) is 0 Å². The molecule has 82 valence electrons. The molecule has 2 aromatic rings. The van der Waals surface area contributed by atoms with Crippen molar-refractivity contribution in [1.82, 2.24) is 5.32 Å². The van der Waals surface area contributed by atoms with Crippen LogP contribution in [0.15, 0.2) is 36.4 Å². The minimum absolute atomic E-state index is 0.778. The molecule has 1 fully saturated rings. The van der Waals surface area contributed by atoms with Crippen molar-refractivity contribution in [2.75, 3.05) is 0 Å². The third-order valence-electron chi connectivity index (χ3n) is 3.39. The first-order chi connectivity index (χ1) is 7.84. The Morgan fingerprint density at radius 1 is 1.06 bits per heavy atom. The number of nitrogens with one attached hydrogen (secondary N) is 1. The first kappa shape index (κ1) is 9.86. The number of fused-ring (bicyclic) bond motifs is 1. The van der Waals surface area contributed by atoms with Gasteiger partial charge in [0.1, 0.15) is 0 Å². The van der Waals surface area contributed by atoms with E-state index in [9.17, 15) is 0 Å². The second kappa shape index (κ2) is 3.91. The standard InChI is InChI=1S/C15H17N/c1-11-6-7-12(10-16-13-8-9-13)15-5-3-2-4-14(11)15/h2-7,13,16H,8-10H2,1H3. The molecule has 0 radical (unpaired) electrons. The Bertz CT molecular complexity index is 512. The molecule has 1 aliphatic rings. The van der Waals surface area contributed by atoms with Gasteiger partial charge in [-0.3, -0.25) is 0 Å². The SMILES string of the molecule is Cc1ccc(CNC2CC2)c2ccccc12. The van der Waals surface area contributed by atoms with Crippen molar-refractivity contribution in [2.24, 2.45) is 0 Å². The maximum atomic E-state index is 3.58. The normalized spacial score (nSPS) is 15.6. The molecule has 16 heavy (non-hydrogen) atoms. The zero-order valence-electron chi connectivity index (χ0n) is 9.66. The molecular weight excluding hydrogens is 194 g/mol. The van der Waals surface area contributed by atoms with E-state index in [2.05, 4.69) is 48.6 Å². The maximum Gasteiger partial charge on any atom is 0.0214 e. The van der Waals surface area contributed by atoms with E-state index in [1.54, 1.807) is 0 Å². The summed E-state index contributed by atoms with van der Waals surface area (Å²) in [6.07, 6.45) is 2.70. The fraction of sp³-hybridized carbons (Fsp3) is 0.333. The molecule has 0 heterocycles. The summed E-state index contributed by atoms with van der Waals surface area (Å²) in [6, 6.07) is 14.0. The second-order valence-corrected chi connectivity index (χ2v) is 4.74. The van der Waals surface area contributed by atoms with E-state index in [-0.39, 0.29) is 0 Å². The van der Waals surface area contributed by atoms with Gasteiger partial charge in [-0.25, -0.2) is 0 Å². The minimum Gasteiger partial charge on any atom is -0.310 e. The van der Waals surface area contributed by atoms with Crippen LogP contribution < -0.4 is 5.32 Å². The fourth-order valence-corrected chi connectivity index (χ4v) is 2.21. The lowest BCUT2D eigenvalue weighted by molar-refractivity contribution is 0.691. The first-order valence-corrected chi connectivity index (χ1v) is 6.05. The highest BCUT2D eigenvalue weighted by Gasteiger charge is 2.20. The molecule has 0 saturated heterocycles. The third kappa shape index (κ3) is 1.83. The van der Waals surface area contributed by atoms with E-state index in [1.807, 2.05) is 0 Å². The van der Waals surface area contributed by atoms with Gasteiger partial charge >= 0.3 is 0 Å². The summed E-state index contributed by atoms with van der Waals surface area (Å²) in [5, 5.41) is 6.37. The van der Waals surface area contributed by atoms with Crippen LogP contribution in [0.1, 0.15) is 24.0 Å². The summed E-state index contributed by atoms with van der Waals surface area (Å²) >= 11 is 0. The Morgan fingerprint density at radius 3 is 2.56 bits per heavy atom. The summed E-state index contributed by atoms with van der Waals surface area (Å²) in [4.78, 5) is 0. The largest absolute Gasteiger partial charge is 0.310 e. The molecule has 0 bridgehead atoms. The van der Waals surface area contributed by atoms with Gasteiger partial charge < -0.3 is 5.32 Å². The van der Waals surface area contributed by atoms with Crippen molar-refractivity contribution in [1.29, 1.82) is 0 Å². The highest BCUT2D eigenvalue weighted by Crippen LogP contribution is 2.24. The summed E-state index contributed by atoms with van der Waals surface area (Å²) in [7, 11) is 0. The second-order valence-electron chi connectivity index (χ2n) is 4.74. The molecule has 0 aliphatic heterocycles. The Labute approximate surface area is 96.5 Å². The maximum absolute atomic E-state index is 3.58. The zero-order chi connectivity index (χ0) is 11.0. The number of benzene rings is 2. The van der Waals surface area contributed by atoms with Gasteiger partial charge in [0.05, 0.1) is 0 Å². The van der Waals surface area contributed by atoms with Gasteiger partial charge in [0.2, 0.25) is 0 Å². The Kier molecular flexibility index (Phi) is 2.41. The molecule has 0 atom stereocenters. The van der Waals surface area contributed by atoms with Gasteiger partial charge in [-0.2, -0.15) is 0 Å². The van der Waals surface area contributed by atoms with Crippen LogP contribution in [0.25, 0.3) is 10.8 Å². The predicted molar refractivity (Wildman–Crippen MR) is 68.5 cm³/mol. The monoisotopic (exact) mass is 211 g/mol. The van der Waals surface area contributed by atoms with Gasteiger partial charge in [0, 0.05) is 12.6 Å². The Balaban J connectivity index is 1.99. The molecule has 1 heteroatoms. The molecule has 1 N–H and O–H groups in total. The first-order valence-electron chi connectivity index (χ1n) is 6.05. The quantitative estimate of drug-likeness (QED) is 0.820. The molecule has 0 spiro atoms. The molecule has 0 unspecified atom stereocenters. The smallest absolute Gasteiger partial charge is 0.0214 e. The molecular formula is C15H17N. The number of hydrogen-bond acceptors (Lipinski definition) is 1. The highest BCUT2D eigenvalue weighted by molar-refractivity contribution is 5.88. The molecule has 1 nitrogen and oxygen atoms in total. The Hall–Kier alpha value is -1.34. The minimum atomic E-state index is 0.778. The van der Waals surface area contributed by atoms with E-state index >= 15 is 0 Å². The lowest BCUT2D eigenvalue weighted by atomic mass is 10.0. The summed E-state index contributed by atoms with van der Waals surface area (Å²) < 4.78 is 0. The van der Waals surface area contributed by atoms with Crippen molar-refractivity contribution in [3.63, 3.8) is 0 Å². The average Bonchev–Trinajstić information content (AvgIpc) is 3.13. The number of aryl methyl sites for hydroxylation is 1. The lowest BCUT2D eigenvalue weighted by Gasteiger charge is -2.09. The van der Waals surface area contributed by atoms with Crippen molar-refractivity contribution in [2.45, 2.75) is 32.4 Å². The lowest BCUT2D eigenvalue weighted by Crippen LogP contribution is -2.15. The van der Waals surface area contributed by atoms with Crippen LogP contribution in [0.4, 0.5) is 0 Å². The van der Waals surface area contributed by atoms with Gasteiger partial charge in [-0.1, -0.05) is 36.4 Å². The molecule has 0 aromatic heterocycles. The highest BCUT2D eigenvalue weighted by atomic mass is 14.9. The van der Waals surface area contributed by atoms with E-state index in [1.165, 1.54) is 34.7 Å². The van der Waals surface area contributed by atoms with Crippen LogP contribution in [0, 0.1) is 6.92 Å². The summed E-state index contributed by atoms with van der Waals surface area (Å²) in [5.74, 6) is 0. The van der Waals surface area contributed by atoms with E-state index in [0.29, 0.717) is 0 Å². The molecule has 3 rings (SSSR count). The van der Waals surface area contributed by atoms with E-state index in [4.69, 9.17) is 0 Å². The van der Waals surface area contributed by atoms with Gasteiger partial charge in [-0.15, -0.1) is 0 Å². The van der Waals surface area contributed by atoms with Crippen LogP contribution in [-0.2, 0) is 6.54 Å². The van der Waals surface area contributed by atoms with Crippen LogP contribution >= 0.6 is 0 Å². The molecule has 0 amide bonds. The van der Waals surface area contributed by atoms with Crippen LogP contribution in [-0.4, -0.2) is 6.04 Å². The van der Waals surface area contributed by atoms with Crippen molar-refractivity contribution in [3.8, 4) is 0 Å². The van der Waals surface area contributed by atoms with Crippen molar-refractivity contribution in [3.05, 3.63) is 47.5 Å². The predicted octanol–water partition coefficient (Wildman–Crippen LogP) is 3.40. The van der Waals surface area contributed by atoms with Crippen LogP contribution in [0.2, 0.25) is 0 Å². The van der Waals surface area contributed by atoms with Crippen molar-refractivity contribution >= 4 is 10.8 Å². The molecule has 1 aliphatic carbocycles.